The van der Waals surface area contributed by atoms with Crippen molar-refractivity contribution in [1.82, 2.24) is 10.2 Å². The molecule has 1 N–H and O–H groups in total. The van der Waals surface area contributed by atoms with Crippen LogP contribution in [0.2, 0.25) is 0 Å². The zero-order chi connectivity index (χ0) is 13.5. The lowest BCUT2D eigenvalue weighted by Crippen LogP contribution is -2.37. The molecule has 0 aromatic heterocycles. The van der Waals surface area contributed by atoms with E-state index in [0.29, 0.717) is 6.04 Å². The molecule has 0 radical (unpaired) electrons. The van der Waals surface area contributed by atoms with Crippen molar-refractivity contribution in [2.45, 2.75) is 45.2 Å². The average molecular weight is 264 g/mol. The summed E-state index contributed by atoms with van der Waals surface area (Å²) in [6, 6.07) is 7.60. The summed E-state index contributed by atoms with van der Waals surface area (Å²) in [5, 5.41) is 3.54. The largest absolute Gasteiger partial charge is 0.313 e. The third kappa shape index (κ3) is 4.92. The van der Waals surface area contributed by atoms with Crippen molar-refractivity contribution in [3.63, 3.8) is 0 Å². The van der Waals surface area contributed by atoms with Gasteiger partial charge in [-0.3, -0.25) is 4.90 Å². The molecule has 0 amide bonds. The van der Waals surface area contributed by atoms with E-state index < -0.39 is 0 Å². The van der Waals surface area contributed by atoms with Gasteiger partial charge in [-0.2, -0.15) is 0 Å². The quantitative estimate of drug-likeness (QED) is 0.813. The second-order valence-corrected chi connectivity index (χ2v) is 5.51. The highest BCUT2D eigenvalue weighted by atomic mass is 19.1. The highest BCUT2D eigenvalue weighted by molar-refractivity contribution is 5.16. The number of nitrogens with zero attached hydrogens (tertiary/aromatic N) is 1. The minimum atomic E-state index is -0.132. The Balaban J connectivity index is 1.92. The van der Waals surface area contributed by atoms with Gasteiger partial charge < -0.3 is 5.32 Å². The Hall–Kier alpha value is -0.930. The number of hydrogen-bond donors (Lipinski definition) is 1. The number of halogens is 1. The summed E-state index contributed by atoms with van der Waals surface area (Å²) in [5.41, 5.74) is 1.08. The minimum absolute atomic E-state index is 0.132. The van der Waals surface area contributed by atoms with E-state index in [2.05, 4.69) is 17.1 Å². The molecule has 1 fully saturated rings. The normalized spacial score (nSPS) is 19.2. The van der Waals surface area contributed by atoms with Crippen molar-refractivity contribution in [2.24, 2.45) is 0 Å². The van der Waals surface area contributed by atoms with Gasteiger partial charge in [0.05, 0.1) is 0 Å². The van der Waals surface area contributed by atoms with Crippen LogP contribution >= 0.6 is 0 Å². The van der Waals surface area contributed by atoms with Crippen LogP contribution in [-0.4, -0.2) is 30.6 Å². The monoisotopic (exact) mass is 264 g/mol. The molecular weight excluding hydrogens is 239 g/mol. The standard InChI is InChI=1S/C16H25FN2/c1-2-3-10-19(13-16-8-5-9-18-16)12-14-6-4-7-15(17)11-14/h4,6-7,11,16,18H,2-3,5,8-10,12-13H2,1H3. The van der Waals surface area contributed by atoms with Crippen molar-refractivity contribution >= 4 is 0 Å². The molecule has 1 aromatic carbocycles. The van der Waals surface area contributed by atoms with E-state index in [-0.39, 0.29) is 5.82 Å². The first-order valence-corrected chi connectivity index (χ1v) is 7.48. The molecule has 0 bridgehead atoms. The Morgan fingerprint density at radius 3 is 3.00 bits per heavy atom. The Bertz CT molecular complexity index is 375. The molecule has 0 saturated carbocycles. The first-order chi connectivity index (χ1) is 9.28. The van der Waals surface area contributed by atoms with Crippen LogP contribution in [0.1, 0.15) is 38.2 Å². The van der Waals surface area contributed by atoms with Crippen molar-refractivity contribution in [2.75, 3.05) is 19.6 Å². The molecule has 106 valence electrons. The molecule has 2 nitrogen and oxygen atoms in total. The summed E-state index contributed by atoms with van der Waals surface area (Å²) in [5.74, 6) is -0.132. The van der Waals surface area contributed by atoms with E-state index in [1.54, 1.807) is 12.1 Å². The topological polar surface area (TPSA) is 15.3 Å². The number of benzene rings is 1. The molecule has 1 heterocycles. The Labute approximate surface area is 116 Å². The summed E-state index contributed by atoms with van der Waals surface area (Å²) in [6.45, 7) is 6.40. The molecule has 1 aromatic rings. The van der Waals surface area contributed by atoms with Crippen LogP contribution in [-0.2, 0) is 6.54 Å². The van der Waals surface area contributed by atoms with Crippen LogP contribution in [0.25, 0.3) is 0 Å². The van der Waals surface area contributed by atoms with E-state index in [1.165, 1.54) is 31.7 Å². The molecule has 19 heavy (non-hydrogen) atoms. The van der Waals surface area contributed by atoms with Gasteiger partial charge in [-0.05, 0) is 50.0 Å². The van der Waals surface area contributed by atoms with Crippen molar-refractivity contribution < 1.29 is 4.39 Å². The SMILES string of the molecule is CCCCN(Cc1cccc(F)c1)CC1CCCN1. The summed E-state index contributed by atoms with van der Waals surface area (Å²) >= 11 is 0. The maximum atomic E-state index is 13.2. The molecule has 1 aliphatic heterocycles. The van der Waals surface area contributed by atoms with Crippen molar-refractivity contribution in [3.8, 4) is 0 Å². The van der Waals surface area contributed by atoms with Gasteiger partial charge in [-0.25, -0.2) is 4.39 Å². The van der Waals surface area contributed by atoms with E-state index in [1.807, 2.05) is 6.07 Å². The lowest BCUT2D eigenvalue weighted by atomic mass is 10.1. The zero-order valence-corrected chi connectivity index (χ0v) is 11.9. The minimum Gasteiger partial charge on any atom is -0.313 e. The molecule has 0 spiro atoms. The predicted molar refractivity (Wildman–Crippen MR) is 77.6 cm³/mol. The summed E-state index contributed by atoms with van der Waals surface area (Å²) in [4.78, 5) is 2.46. The number of unbranched alkanes of at least 4 members (excludes halogenated alkanes) is 1. The first-order valence-electron chi connectivity index (χ1n) is 7.48. The van der Waals surface area contributed by atoms with Gasteiger partial charge in [-0.15, -0.1) is 0 Å². The van der Waals surface area contributed by atoms with Gasteiger partial charge in [0.25, 0.3) is 0 Å². The van der Waals surface area contributed by atoms with Crippen molar-refractivity contribution in [1.29, 1.82) is 0 Å². The van der Waals surface area contributed by atoms with Gasteiger partial charge in [0, 0.05) is 19.1 Å². The fourth-order valence-corrected chi connectivity index (χ4v) is 2.73. The summed E-state index contributed by atoms with van der Waals surface area (Å²) < 4.78 is 13.2. The smallest absolute Gasteiger partial charge is 0.123 e. The second kappa shape index (κ2) is 7.61. The maximum absolute atomic E-state index is 13.2. The zero-order valence-electron chi connectivity index (χ0n) is 11.9. The first kappa shape index (κ1) is 14.5. The van der Waals surface area contributed by atoms with Gasteiger partial charge in [0.15, 0.2) is 0 Å². The van der Waals surface area contributed by atoms with Gasteiger partial charge in [0.2, 0.25) is 0 Å². The lowest BCUT2D eigenvalue weighted by Gasteiger charge is -2.25. The van der Waals surface area contributed by atoms with Crippen LogP contribution in [0.5, 0.6) is 0 Å². The summed E-state index contributed by atoms with van der Waals surface area (Å²) in [7, 11) is 0. The molecule has 0 aliphatic carbocycles. The predicted octanol–water partition coefficient (Wildman–Crippen LogP) is 3.18. The number of rotatable bonds is 7. The van der Waals surface area contributed by atoms with Crippen LogP contribution in [0.4, 0.5) is 4.39 Å². The highest BCUT2D eigenvalue weighted by Gasteiger charge is 2.17. The van der Waals surface area contributed by atoms with Gasteiger partial charge in [0.1, 0.15) is 5.82 Å². The fraction of sp³-hybridized carbons (Fsp3) is 0.625. The van der Waals surface area contributed by atoms with Crippen LogP contribution < -0.4 is 5.32 Å². The Morgan fingerprint density at radius 1 is 1.42 bits per heavy atom. The average Bonchev–Trinajstić information content (AvgIpc) is 2.89. The lowest BCUT2D eigenvalue weighted by molar-refractivity contribution is 0.237. The van der Waals surface area contributed by atoms with Crippen LogP contribution in [0.3, 0.4) is 0 Å². The van der Waals surface area contributed by atoms with Gasteiger partial charge >= 0.3 is 0 Å². The third-order valence-corrected chi connectivity index (χ3v) is 3.76. The Morgan fingerprint density at radius 2 is 2.32 bits per heavy atom. The second-order valence-electron chi connectivity index (χ2n) is 5.51. The van der Waals surface area contributed by atoms with E-state index in [9.17, 15) is 4.39 Å². The third-order valence-electron chi connectivity index (χ3n) is 3.76. The van der Waals surface area contributed by atoms with E-state index >= 15 is 0 Å². The molecule has 1 atom stereocenters. The molecule has 3 heteroatoms. The van der Waals surface area contributed by atoms with Gasteiger partial charge in [-0.1, -0.05) is 25.5 Å². The number of hydrogen-bond acceptors (Lipinski definition) is 2. The number of nitrogens with one attached hydrogen (secondary N) is 1. The van der Waals surface area contributed by atoms with Crippen LogP contribution in [0, 0.1) is 5.82 Å². The molecule has 1 aliphatic rings. The molecule has 2 rings (SSSR count). The fourth-order valence-electron chi connectivity index (χ4n) is 2.73. The van der Waals surface area contributed by atoms with E-state index in [4.69, 9.17) is 0 Å². The summed E-state index contributed by atoms with van der Waals surface area (Å²) in [6.07, 6.45) is 4.97. The molecular formula is C16H25FN2. The molecule has 1 unspecified atom stereocenters. The van der Waals surface area contributed by atoms with Crippen LogP contribution in [0.15, 0.2) is 24.3 Å². The highest BCUT2D eigenvalue weighted by Crippen LogP contribution is 2.12. The van der Waals surface area contributed by atoms with E-state index in [0.717, 1.165) is 31.7 Å². The Kier molecular flexibility index (Phi) is 5.80. The molecule has 1 saturated heterocycles. The maximum Gasteiger partial charge on any atom is 0.123 e. The van der Waals surface area contributed by atoms with Crippen molar-refractivity contribution in [3.05, 3.63) is 35.6 Å².